The number of carbonyl (C=O) groups excluding carboxylic acids is 4. The van der Waals surface area contributed by atoms with Crippen LogP contribution in [0.2, 0.25) is 0 Å². The molecule has 0 aromatic heterocycles. The van der Waals surface area contributed by atoms with E-state index in [2.05, 4.69) is 5.32 Å². The molecule has 1 fully saturated rings. The molecule has 114 valence electrons. The predicted molar refractivity (Wildman–Crippen MR) is 73.5 cm³/mol. The number of nitrogens with one attached hydrogen (secondary N) is 1. The number of amides is 3. The Kier molecular flexibility index (Phi) is 3.01. The van der Waals surface area contributed by atoms with Gasteiger partial charge in [-0.05, 0) is 13.0 Å². The number of methoxy groups -OCH3 is 1. The summed E-state index contributed by atoms with van der Waals surface area (Å²) in [5, 5.41) is 2.17. The number of carbonyl (C=O) groups is 4. The van der Waals surface area contributed by atoms with Crippen molar-refractivity contribution >= 4 is 23.7 Å². The minimum Gasteiger partial charge on any atom is -0.468 e. The van der Waals surface area contributed by atoms with Crippen molar-refractivity contribution in [3.63, 3.8) is 0 Å². The maximum absolute atomic E-state index is 12.6. The van der Waals surface area contributed by atoms with Gasteiger partial charge in [0.1, 0.15) is 0 Å². The molecule has 0 radical (unpaired) electrons. The highest BCUT2D eigenvalue weighted by molar-refractivity contribution is 6.22. The molecule has 2 heterocycles. The Bertz CT molecular complexity index is 714. The Morgan fingerprint density at radius 1 is 1.32 bits per heavy atom. The molecule has 3 rings (SSSR count). The van der Waals surface area contributed by atoms with Crippen LogP contribution in [0.1, 0.15) is 22.8 Å². The molecular formula is C15H14N2O5. The first kappa shape index (κ1) is 14.2. The first-order valence-electron chi connectivity index (χ1n) is 6.84. The zero-order valence-corrected chi connectivity index (χ0v) is 12.1. The van der Waals surface area contributed by atoms with Crippen molar-refractivity contribution in [1.82, 2.24) is 10.2 Å². The van der Waals surface area contributed by atoms with Gasteiger partial charge in [-0.1, -0.05) is 18.2 Å². The Hall–Kier alpha value is -2.70. The number of hydrogen-bond donors (Lipinski definition) is 1. The van der Waals surface area contributed by atoms with E-state index >= 15 is 0 Å². The lowest BCUT2D eigenvalue weighted by atomic mass is 9.79. The minimum absolute atomic E-state index is 0.182. The highest BCUT2D eigenvalue weighted by atomic mass is 16.5. The summed E-state index contributed by atoms with van der Waals surface area (Å²) in [4.78, 5) is 50.7. The molecule has 1 aromatic rings. The van der Waals surface area contributed by atoms with Crippen molar-refractivity contribution in [3.8, 4) is 0 Å². The third-order valence-electron chi connectivity index (χ3n) is 4.25. The van der Waals surface area contributed by atoms with Crippen LogP contribution in [0.3, 0.4) is 0 Å². The summed E-state index contributed by atoms with van der Waals surface area (Å²) in [6.45, 7) is 1.87. The molecule has 2 atom stereocenters. The molecule has 2 aliphatic rings. The fourth-order valence-electron chi connectivity index (χ4n) is 3.40. The third kappa shape index (κ3) is 1.45. The largest absolute Gasteiger partial charge is 0.468 e. The highest BCUT2D eigenvalue weighted by Gasteiger charge is 2.68. The SMILES string of the molecule is CCN1C(=O)c2ccccc2C12C(=O)NC(=O)C2C(=O)OC. The highest BCUT2D eigenvalue weighted by Crippen LogP contribution is 2.47. The summed E-state index contributed by atoms with van der Waals surface area (Å²) in [6, 6.07) is 6.51. The second kappa shape index (κ2) is 4.66. The summed E-state index contributed by atoms with van der Waals surface area (Å²) in [5.74, 6) is -4.05. The summed E-state index contributed by atoms with van der Waals surface area (Å²) in [6.07, 6.45) is 0. The van der Waals surface area contributed by atoms with E-state index < -0.39 is 29.2 Å². The van der Waals surface area contributed by atoms with E-state index in [0.29, 0.717) is 11.1 Å². The molecule has 1 spiro atoms. The normalized spacial score (nSPS) is 26.4. The van der Waals surface area contributed by atoms with Gasteiger partial charge in [0.25, 0.3) is 11.8 Å². The van der Waals surface area contributed by atoms with Gasteiger partial charge in [0.15, 0.2) is 11.5 Å². The van der Waals surface area contributed by atoms with Gasteiger partial charge in [0, 0.05) is 17.7 Å². The average Bonchev–Trinajstić information content (AvgIpc) is 2.92. The van der Waals surface area contributed by atoms with E-state index in [9.17, 15) is 19.2 Å². The maximum Gasteiger partial charge on any atom is 0.321 e. The molecule has 0 bridgehead atoms. The Morgan fingerprint density at radius 2 is 2.00 bits per heavy atom. The van der Waals surface area contributed by atoms with Crippen molar-refractivity contribution < 1.29 is 23.9 Å². The number of benzene rings is 1. The predicted octanol–water partition coefficient (Wildman–Crippen LogP) is -0.197. The monoisotopic (exact) mass is 302 g/mol. The molecule has 1 N–H and O–H groups in total. The Morgan fingerprint density at radius 3 is 2.64 bits per heavy atom. The molecule has 1 aromatic carbocycles. The van der Waals surface area contributed by atoms with Crippen LogP contribution >= 0.6 is 0 Å². The van der Waals surface area contributed by atoms with Gasteiger partial charge in [-0.3, -0.25) is 24.5 Å². The van der Waals surface area contributed by atoms with E-state index in [1.807, 2.05) is 0 Å². The van der Waals surface area contributed by atoms with Crippen molar-refractivity contribution in [1.29, 1.82) is 0 Å². The van der Waals surface area contributed by atoms with Crippen LogP contribution in [0.15, 0.2) is 24.3 Å². The number of imide groups is 1. The first-order chi connectivity index (χ1) is 10.5. The van der Waals surface area contributed by atoms with E-state index in [4.69, 9.17) is 4.74 Å². The topological polar surface area (TPSA) is 92.8 Å². The average molecular weight is 302 g/mol. The molecule has 22 heavy (non-hydrogen) atoms. The Labute approximate surface area is 126 Å². The number of fused-ring (bicyclic) bond motifs is 2. The Balaban J connectivity index is 2.33. The van der Waals surface area contributed by atoms with Crippen LogP contribution in [-0.2, 0) is 24.7 Å². The number of esters is 1. The number of hydrogen-bond acceptors (Lipinski definition) is 5. The van der Waals surface area contributed by atoms with Crippen LogP contribution in [-0.4, -0.2) is 42.2 Å². The number of rotatable bonds is 2. The number of ether oxygens (including phenoxy) is 1. The van der Waals surface area contributed by atoms with Crippen LogP contribution < -0.4 is 5.32 Å². The van der Waals surface area contributed by atoms with Gasteiger partial charge in [-0.2, -0.15) is 0 Å². The summed E-state index contributed by atoms with van der Waals surface area (Å²) in [5.41, 5.74) is -0.976. The second-order valence-electron chi connectivity index (χ2n) is 5.14. The van der Waals surface area contributed by atoms with E-state index in [1.165, 1.54) is 4.90 Å². The molecule has 2 unspecified atom stereocenters. The van der Waals surface area contributed by atoms with Crippen LogP contribution in [0.25, 0.3) is 0 Å². The second-order valence-corrected chi connectivity index (χ2v) is 5.14. The van der Waals surface area contributed by atoms with Gasteiger partial charge in [-0.25, -0.2) is 0 Å². The third-order valence-corrected chi connectivity index (χ3v) is 4.25. The maximum atomic E-state index is 12.6. The fourth-order valence-corrected chi connectivity index (χ4v) is 3.40. The zero-order valence-electron chi connectivity index (χ0n) is 12.1. The van der Waals surface area contributed by atoms with Crippen molar-refractivity contribution in [2.24, 2.45) is 5.92 Å². The lowest BCUT2D eigenvalue weighted by Gasteiger charge is -2.35. The lowest BCUT2D eigenvalue weighted by molar-refractivity contribution is -0.154. The van der Waals surface area contributed by atoms with Crippen molar-refractivity contribution in [2.75, 3.05) is 13.7 Å². The zero-order chi connectivity index (χ0) is 16.1. The molecule has 3 amide bonds. The summed E-state index contributed by atoms with van der Waals surface area (Å²) < 4.78 is 4.69. The first-order valence-corrected chi connectivity index (χ1v) is 6.84. The molecule has 1 saturated heterocycles. The van der Waals surface area contributed by atoms with Crippen LogP contribution in [0.4, 0.5) is 0 Å². The number of nitrogens with zero attached hydrogens (tertiary/aromatic N) is 1. The van der Waals surface area contributed by atoms with Crippen LogP contribution in [0, 0.1) is 5.92 Å². The van der Waals surface area contributed by atoms with Gasteiger partial charge in [0.2, 0.25) is 5.91 Å². The van der Waals surface area contributed by atoms with Gasteiger partial charge >= 0.3 is 5.97 Å². The van der Waals surface area contributed by atoms with Gasteiger partial charge in [-0.15, -0.1) is 0 Å². The number of likely N-dealkylation sites (N-methyl/N-ethyl adjacent to an activating group) is 1. The molecular weight excluding hydrogens is 288 g/mol. The lowest BCUT2D eigenvalue weighted by Crippen LogP contribution is -2.54. The quantitative estimate of drug-likeness (QED) is 0.464. The smallest absolute Gasteiger partial charge is 0.321 e. The molecule has 0 saturated carbocycles. The molecule has 7 heteroatoms. The summed E-state index contributed by atoms with van der Waals surface area (Å²) >= 11 is 0. The van der Waals surface area contributed by atoms with E-state index in [-0.39, 0.29) is 12.5 Å². The fraction of sp³-hybridized carbons (Fsp3) is 0.333. The summed E-state index contributed by atoms with van der Waals surface area (Å²) in [7, 11) is 1.14. The van der Waals surface area contributed by atoms with E-state index in [0.717, 1.165) is 7.11 Å². The molecule has 2 aliphatic heterocycles. The minimum atomic E-state index is -1.66. The van der Waals surface area contributed by atoms with E-state index in [1.54, 1.807) is 31.2 Å². The van der Waals surface area contributed by atoms with Crippen molar-refractivity contribution in [2.45, 2.75) is 12.5 Å². The van der Waals surface area contributed by atoms with Crippen molar-refractivity contribution in [3.05, 3.63) is 35.4 Å². The van der Waals surface area contributed by atoms with Gasteiger partial charge < -0.3 is 9.64 Å². The van der Waals surface area contributed by atoms with Crippen LogP contribution in [0.5, 0.6) is 0 Å². The standard InChI is InChI=1S/C15H14N2O5/c1-3-17-12(19)8-6-4-5-7-9(8)15(17)10(13(20)22-2)11(18)16-14(15)21/h4-7,10H,3H2,1-2H3,(H,16,18,21). The molecule has 0 aliphatic carbocycles. The van der Waals surface area contributed by atoms with Gasteiger partial charge in [0.05, 0.1) is 7.11 Å². The molecule has 7 nitrogen and oxygen atoms in total.